The lowest BCUT2D eigenvalue weighted by molar-refractivity contribution is 0.395. The van der Waals surface area contributed by atoms with E-state index in [1.54, 1.807) is 13.2 Å². The van der Waals surface area contributed by atoms with Gasteiger partial charge in [-0.15, -0.1) is 0 Å². The molecule has 0 heterocycles. The number of rotatable bonds is 5. The van der Waals surface area contributed by atoms with Gasteiger partial charge in [0.25, 0.3) is 0 Å². The number of methoxy groups -OCH3 is 1. The van der Waals surface area contributed by atoms with Crippen LogP contribution in [-0.2, 0) is 21.3 Å². The van der Waals surface area contributed by atoms with E-state index in [-0.39, 0.29) is 5.75 Å². The minimum absolute atomic E-state index is 0.188. The second-order valence-electron chi connectivity index (χ2n) is 4.11. The molecular weight excluding hydrogens is 262 g/mol. The number of ether oxygens (including phenoxy) is 1. The predicted octanol–water partition coefficient (Wildman–Crippen LogP) is 1.83. The van der Waals surface area contributed by atoms with E-state index in [9.17, 15) is 8.42 Å². The molecule has 0 aliphatic carbocycles. The molecular formula is C11H16ClNO3S. The minimum atomic E-state index is -3.54. The summed E-state index contributed by atoms with van der Waals surface area (Å²) in [5.74, 6) is 0.450. The van der Waals surface area contributed by atoms with Gasteiger partial charge in [0, 0.05) is 17.2 Å². The molecule has 0 aliphatic heterocycles. The van der Waals surface area contributed by atoms with E-state index < -0.39 is 9.05 Å². The second kappa shape index (κ2) is 5.71. The van der Waals surface area contributed by atoms with Crippen molar-refractivity contribution in [1.82, 2.24) is 4.90 Å². The Kier molecular flexibility index (Phi) is 4.80. The van der Waals surface area contributed by atoms with Crippen LogP contribution in [-0.4, -0.2) is 34.5 Å². The molecule has 0 saturated heterocycles. The first-order valence-corrected chi connectivity index (χ1v) is 7.52. The Balaban J connectivity index is 3.05. The van der Waals surface area contributed by atoms with Crippen LogP contribution in [0, 0.1) is 0 Å². The van der Waals surface area contributed by atoms with Gasteiger partial charge in [0.2, 0.25) is 9.05 Å². The van der Waals surface area contributed by atoms with Crippen molar-refractivity contribution < 1.29 is 13.2 Å². The SMILES string of the molecule is COc1cc(CN(C)C)cc(CS(=O)(=O)Cl)c1. The number of nitrogens with zero attached hydrogens (tertiary/aromatic N) is 1. The third-order valence-corrected chi connectivity index (χ3v) is 3.11. The summed E-state index contributed by atoms with van der Waals surface area (Å²) in [7, 11) is 7.13. The highest BCUT2D eigenvalue weighted by molar-refractivity contribution is 8.13. The van der Waals surface area contributed by atoms with Gasteiger partial charge in [-0.1, -0.05) is 6.07 Å². The first-order chi connectivity index (χ1) is 7.80. The first kappa shape index (κ1) is 14.3. The molecule has 96 valence electrons. The Morgan fingerprint density at radius 3 is 2.29 bits per heavy atom. The van der Waals surface area contributed by atoms with Gasteiger partial charge in [0.05, 0.1) is 12.9 Å². The minimum Gasteiger partial charge on any atom is -0.497 e. The lowest BCUT2D eigenvalue weighted by atomic mass is 10.1. The molecule has 1 aromatic carbocycles. The molecule has 0 N–H and O–H groups in total. The molecule has 0 fully saturated rings. The Morgan fingerprint density at radius 1 is 1.24 bits per heavy atom. The second-order valence-corrected chi connectivity index (χ2v) is 6.89. The summed E-state index contributed by atoms with van der Waals surface area (Å²) in [6, 6.07) is 5.38. The van der Waals surface area contributed by atoms with Crippen molar-refractivity contribution in [2.24, 2.45) is 0 Å². The fourth-order valence-electron chi connectivity index (χ4n) is 1.59. The topological polar surface area (TPSA) is 46.6 Å². The molecule has 0 atom stereocenters. The predicted molar refractivity (Wildman–Crippen MR) is 68.9 cm³/mol. The first-order valence-electron chi connectivity index (χ1n) is 5.04. The van der Waals surface area contributed by atoms with E-state index in [4.69, 9.17) is 15.4 Å². The maximum atomic E-state index is 11.0. The molecule has 1 aromatic rings. The van der Waals surface area contributed by atoms with Crippen molar-refractivity contribution in [1.29, 1.82) is 0 Å². The van der Waals surface area contributed by atoms with Gasteiger partial charge in [0.1, 0.15) is 5.75 Å². The van der Waals surface area contributed by atoms with Crippen LogP contribution < -0.4 is 4.74 Å². The van der Waals surface area contributed by atoms with Crippen LogP contribution in [0.15, 0.2) is 18.2 Å². The van der Waals surface area contributed by atoms with Crippen molar-refractivity contribution in [3.63, 3.8) is 0 Å². The third kappa shape index (κ3) is 5.39. The molecule has 0 saturated carbocycles. The van der Waals surface area contributed by atoms with Crippen molar-refractivity contribution in [2.75, 3.05) is 21.2 Å². The molecule has 1 rings (SSSR count). The normalized spacial score (nSPS) is 11.8. The molecule has 0 aromatic heterocycles. The Labute approximate surface area is 107 Å². The molecule has 6 heteroatoms. The quantitative estimate of drug-likeness (QED) is 0.771. The zero-order valence-electron chi connectivity index (χ0n) is 10.1. The summed E-state index contributed by atoms with van der Waals surface area (Å²) in [6.45, 7) is 0.715. The van der Waals surface area contributed by atoms with Crippen LogP contribution in [0.5, 0.6) is 5.75 Å². The highest BCUT2D eigenvalue weighted by Gasteiger charge is 2.10. The van der Waals surface area contributed by atoms with E-state index in [1.165, 1.54) is 0 Å². The maximum absolute atomic E-state index is 11.0. The Hall–Kier alpha value is -0.780. The largest absolute Gasteiger partial charge is 0.497 e. The van der Waals surface area contributed by atoms with E-state index >= 15 is 0 Å². The van der Waals surface area contributed by atoms with Crippen LogP contribution in [0.3, 0.4) is 0 Å². The molecule has 17 heavy (non-hydrogen) atoms. The molecule has 0 radical (unpaired) electrons. The van der Waals surface area contributed by atoms with E-state index in [2.05, 4.69) is 0 Å². The van der Waals surface area contributed by atoms with Gasteiger partial charge < -0.3 is 9.64 Å². The zero-order chi connectivity index (χ0) is 13.1. The number of hydrogen-bond donors (Lipinski definition) is 0. The lowest BCUT2D eigenvalue weighted by Gasteiger charge is -2.12. The summed E-state index contributed by atoms with van der Waals surface area (Å²) in [4.78, 5) is 1.99. The van der Waals surface area contributed by atoms with Gasteiger partial charge >= 0.3 is 0 Å². The van der Waals surface area contributed by atoms with Crippen LogP contribution >= 0.6 is 10.7 Å². The fourth-order valence-corrected chi connectivity index (χ4v) is 2.53. The summed E-state index contributed by atoms with van der Waals surface area (Å²) < 4.78 is 27.2. The summed E-state index contributed by atoms with van der Waals surface area (Å²) in [6.07, 6.45) is 0. The standard InChI is InChI=1S/C11H16ClNO3S/c1-13(2)7-9-4-10(8-17(12,14)15)6-11(5-9)16-3/h4-6H,7-8H2,1-3H3. The lowest BCUT2D eigenvalue weighted by Crippen LogP contribution is -2.11. The summed E-state index contributed by atoms with van der Waals surface area (Å²) in [5, 5.41) is 0. The Bertz CT molecular complexity index is 485. The Morgan fingerprint density at radius 2 is 1.82 bits per heavy atom. The third-order valence-electron chi connectivity index (χ3n) is 2.10. The van der Waals surface area contributed by atoms with Crippen LogP contribution in [0.2, 0.25) is 0 Å². The smallest absolute Gasteiger partial charge is 0.236 e. The van der Waals surface area contributed by atoms with Crippen LogP contribution in [0.4, 0.5) is 0 Å². The highest BCUT2D eigenvalue weighted by Crippen LogP contribution is 2.20. The van der Waals surface area contributed by atoms with Crippen molar-refractivity contribution >= 4 is 19.7 Å². The number of benzene rings is 1. The van der Waals surface area contributed by atoms with E-state index in [0.29, 0.717) is 17.9 Å². The van der Waals surface area contributed by atoms with Gasteiger partial charge in [0.15, 0.2) is 0 Å². The monoisotopic (exact) mass is 277 g/mol. The molecule has 0 aliphatic rings. The maximum Gasteiger partial charge on any atom is 0.236 e. The number of halogens is 1. The molecule has 0 bridgehead atoms. The van der Waals surface area contributed by atoms with Crippen molar-refractivity contribution in [2.45, 2.75) is 12.3 Å². The molecule has 0 unspecified atom stereocenters. The molecule has 4 nitrogen and oxygen atoms in total. The van der Waals surface area contributed by atoms with Gasteiger partial charge in [-0.3, -0.25) is 0 Å². The highest BCUT2D eigenvalue weighted by atomic mass is 35.7. The van der Waals surface area contributed by atoms with Crippen LogP contribution in [0.25, 0.3) is 0 Å². The van der Waals surface area contributed by atoms with E-state index in [1.807, 2.05) is 31.1 Å². The fraction of sp³-hybridized carbons (Fsp3) is 0.455. The molecule has 0 spiro atoms. The number of hydrogen-bond acceptors (Lipinski definition) is 4. The van der Waals surface area contributed by atoms with Crippen LogP contribution in [0.1, 0.15) is 11.1 Å². The summed E-state index contributed by atoms with van der Waals surface area (Å²) >= 11 is 0. The average Bonchev–Trinajstić information content (AvgIpc) is 2.13. The summed E-state index contributed by atoms with van der Waals surface area (Å²) in [5.41, 5.74) is 1.63. The van der Waals surface area contributed by atoms with Crippen molar-refractivity contribution in [3.8, 4) is 5.75 Å². The van der Waals surface area contributed by atoms with Gasteiger partial charge in [-0.05, 0) is 37.4 Å². The van der Waals surface area contributed by atoms with Crippen molar-refractivity contribution in [3.05, 3.63) is 29.3 Å². The van der Waals surface area contributed by atoms with Gasteiger partial charge in [-0.2, -0.15) is 0 Å². The van der Waals surface area contributed by atoms with E-state index in [0.717, 1.165) is 5.56 Å². The average molecular weight is 278 g/mol. The zero-order valence-corrected chi connectivity index (χ0v) is 11.7. The molecule has 0 amide bonds. The van der Waals surface area contributed by atoms with Gasteiger partial charge in [-0.25, -0.2) is 8.42 Å².